The van der Waals surface area contributed by atoms with Crippen molar-refractivity contribution in [1.82, 2.24) is 9.97 Å². The highest BCUT2D eigenvalue weighted by atomic mass is 16.6. The van der Waals surface area contributed by atoms with Gasteiger partial charge in [-0.3, -0.25) is 10.3 Å². The molecule has 3 aromatic rings. The molecule has 2 heterocycles. The Morgan fingerprint density at radius 1 is 1.11 bits per heavy atom. The molecule has 0 fully saturated rings. The quantitative estimate of drug-likeness (QED) is 0.637. The maximum absolute atomic E-state index is 12.1. The first-order valence-electron chi connectivity index (χ1n) is 8.23. The zero-order valence-corrected chi connectivity index (χ0v) is 15.2. The Hall–Kier alpha value is -3.55. The van der Waals surface area contributed by atoms with E-state index in [2.05, 4.69) is 15.3 Å². The molecule has 0 radical (unpaired) electrons. The van der Waals surface area contributed by atoms with Crippen LogP contribution in [0.4, 0.5) is 16.3 Å². The summed E-state index contributed by atoms with van der Waals surface area (Å²) in [5.74, 6) is 0.331. The molecule has 0 bridgehead atoms. The molecule has 0 aliphatic carbocycles. The number of benzene rings is 1. The number of anilines is 2. The van der Waals surface area contributed by atoms with Crippen molar-refractivity contribution in [3.8, 4) is 17.2 Å². The number of pyridine rings is 2. The van der Waals surface area contributed by atoms with E-state index in [1.165, 1.54) is 12.3 Å². The molecule has 0 aliphatic rings. The Kier molecular flexibility index (Phi) is 4.72. The van der Waals surface area contributed by atoms with E-state index in [9.17, 15) is 9.90 Å². The fourth-order valence-electron chi connectivity index (χ4n) is 2.40. The highest BCUT2D eigenvalue weighted by molar-refractivity contribution is 6.00. The van der Waals surface area contributed by atoms with E-state index in [-0.39, 0.29) is 17.3 Å². The van der Waals surface area contributed by atoms with Gasteiger partial charge >= 0.3 is 6.09 Å². The van der Waals surface area contributed by atoms with Gasteiger partial charge in [0.05, 0.1) is 11.2 Å². The van der Waals surface area contributed by atoms with Gasteiger partial charge in [-0.15, -0.1) is 0 Å². The summed E-state index contributed by atoms with van der Waals surface area (Å²) < 4.78 is 11.1. The molecule has 4 N–H and O–H groups in total. The SMILES string of the molecule is CC(C)(C)OC(=O)Nc1ccc(Oc2ccnc(N)c2O)c2cccnc12. The van der Waals surface area contributed by atoms with Gasteiger partial charge in [-0.25, -0.2) is 9.78 Å². The zero-order valence-electron chi connectivity index (χ0n) is 15.2. The maximum Gasteiger partial charge on any atom is 0.412 e. The summed E-state index contributed by atoms with van der Waals surface area (Å²) in [6.45, 7) is 5.35. The van der Waals surface area contributed by atoms with Crippen LogP contribution in [0.25, 0.3) is 10.9 Å². The van der Waals surface area contributed by atoms with Crippen LogP contribution in [-0.2, 0) is 4.74 Å². The molecule has 0 atom stereocenters. The van der Waals surface area contributed by atoms with Crippen LogP contribution in [0.2, 0.25) is 0 Å². The van der Waals surface area contributed by atoms with Crippen LogP contribution < -0.4 is 15.8 Å². The fourth-order valence-corrected chi connectivity index (χ4v) is 2.40. The number of fused-ring (bicyclic) bond motifs is 1. The molecule has 8 nitrogen and oxygen atoms in total. The molecule has 0 unspecified atom stereocenters. The van der Waals surface area contributed by atoms with Crippen molar-refractivity contribution in [2.45, 2.75) is 26.4 Å². The number of aromatic nitrogens is 2. The van der Waals surface area contributed by atoms with Gasteiger partial charge in [0.2, 0.25) is 5.75 Å². The molecular weight excluding hydrogens is 348 g/mol. The van der Waals surface area contributed by atoms with E-state index < -0.39 is 11.7 Å². The fraction of sp³-hybridized carbons (Fsp3) is 0.211. The Labute approximate surface area is 156 Å². The minimum atomic E-state index is -0.616. The van der Waals surface area contributed by atoms with Crippen LogP contribution in [0.1, 0.15) is 20.8 Å². The second-order valence-corrected chi connectivity index (χ2v) is 6.78. The lowest BCUT2D eigenvalue weighted by atomic mass is 10.1. The van der Waals surface area contributed by atoms with Crippen molar-refractivity contribution in [3.05, 3.63) is 42.7 Å². The summed E-state index contributed by atoms with van der Waals surface area (Å²) in [5, 5.41) is 13.3. The summed E-state index contributed by atoms with van der Waals surface area (Å²) in [6.07, 6.45) is 2.46. The monoisotopic (exact) mass is 368 g/mol. The number of hydrogen-bond donors (Lipinski definition) is 3. The number of nitrogen functional groups attached to an aromatic ring is 1. The predicted octanol–water partition coefficient (Wildman–Crippen LogP) is 4.06. The molecule has 2 aromatic heterocycles. The Bertz CT molecular complexity index is 999. The van der Waals surface area contributed by atoms with Crippen LogP contribution in [0.3, 0.4) is 0 Å². The smallest absolute Gasteiger partial charge is 0.412 e. The van der Waals surface area contributed by atoms with Crippen molar-refractivity contribution in [2.75, 3.05) is 11.1 Å². The van der Waals surface area contributed by atoms with Gasteiger partial charge in [0.25, 0.3) is 0 Å². The van der Waals surface area contributed by atoms with Crippen LogP contribution in [0, 0.1) is 0 Å². The highest BCUT2D eigenvalue weighted by Gasteiger charge is 2.18. The summed E-state index contributed by atoms with van der Waals surface area (Å²) in [5.41, 5.74) is 5.98. The number of ether oxygens (including phenoxy) is 2. The van der Waals surface area contributed by atoms with E-state index in [0.717, 1.165) is 0 Å². The predicted molar refractivity (Wildman–Crippen MR) is 102 cm³/mol. The number of carbonyl (C=O) groups is 1. The summed E-state index contributed by atoms with van der Waals surface area (Å²) in [7, 11) is 0. The van der Waals surface area contributed by atoms with E-state index in [0.29, 0.717) is 22.3 Å². The van der Waals surface area contributed by atoms with Crippen LogP contribution in [-0.4, -0.2) is 26.8 Å². The lowest BCUT2D eigenvalue weighted by Crippen LogP contribution is -2.27. The number of nitrogens with zero attached hydrogens (tertiary/aromatic N) is 2. The number of hydrogen-bond acceptors (Lipinski definition) is 7. The lowest BCUT2D eigenvalue weighted by molar-refractivity contribution is 0.0636. The third kappa shape index (κ3) is 4.17. The highest BCUT2D eigenvalue weighted by Crippen LogP contribution is 2.38. The third-order valence-corrected chi connectivity index (χ3v) is 3.50. The molecule has 0 aliphatic heterocycles. The second-order valence-electron chi connectivity index (χ2n) is 6.78. The summed E-state index contributed by atoms with van der Waals surface area (Å²) >= 11 is 0. The molecule has 8 heteroatoms. The lowest BCUT2D eigenvalue weighted by Gasteiger charge is -2.20. The van der Waals surface area contributed by atoms with Crippen molar-refractivity contribution in [1.29, 1.82) is 0 Å². The number of carbonyl (C=O) groups excluding carboxylic acids is 1. The van der Waals surface area contributed by atoms with Gasteiger partial charge in [0.1, 0.15) is 11.4 Å². The molecule has 0 spiro atoms. The molecule has 1 aromatic carbocycles. The molecule has 140 valence electrons. The average molecular weight is 368 g/mol. The number of amides is 1. The van der Waals surface area contributed by atoms with E-state index in [1.54, 1.807) is 51.2 Å². The van der Waals surface area contributed by atoms with Gasteiger partial charge in [-0.2, -0.15) is 0 Å². The molecule has 27 heavy (non-hydrogen) atoms. The van der Waals surface area contributed by atoms with Crippen LogP contribution >= 0.6 is 0 Å². The topological polar surface area (TPSA) is 120 Å². The van der Waals surface area contributed by atoms with Gasteiger partial charge < -0.3 is 20.3 Å². The normalized spacial score (nSPS) is 11.2. The van der Waals surface area contributed by atoms with Crippen LogP contribution in [0.15, 0.2) is 42.7 Å². The molecule has 0 saturated carbocycles. The van der Waals surface area contributed by atoms with E-state index >= 15 is 0 Å². The zero-order chi connectivity index (χ0) is 19.6. The first-order valence-corrected chi connectivity index (χ1v) is 8.23. The van der Waals surface area contributed by atoms with Crippen molar-refractivity contribution in [2.24, 2.45) is 0 Å². The van der Waals surface area contributed by atoms with Crippen molar-refractivity contribution in [3.63, 3.8) is 0 Å². The maximum atomic E-state index is 12.1. The van der Waals surface area contributed by atoms with E-state index in [1.807, 2.05) is 0 Å². The first kappa shape index (κ1) is 18.2. The summed E-state index contributed by atoms with van der Waals surface area (Å²) in [6, 6.07) is 8.34. The number of aromatic hydroxyl groups is 1. The van der Waals surface area contributed by atoms with Gasteiger partial charge in [-0.1, -0.05) is 0 Å². The Morgan fingerprint density at radius 2 is 1.89 bits per heavy atom. The van der Waals surface area contributed by atoms with Crippen molar-refractivity contribution >= 4 is 28.5 Å². The standard InChI is InChI=1S/C19H20N4O4/c1-19(2,3)27-18(25)23-12-6-7-13(11-5-4-9-21-15(11)12)26-14-8-10-22-17(20)16(14)24/h4-10,24H,1-3H3,(H2,20,22)(H,23,25). The number of rotatable bonds is 3. The summed E-state index contributed by atoms with van der Waals surface area (Å²) in [4.78, 5) is 20.2. The average Bonchev–Trinajstić information content (AvgIpc) is 2.59. The Balaban J connectivity index is 1.96. The van der Waals surface area contributed by atoms with Gasteiger partial charge in [0, 0.05) is 23.8 Å². The van der Waals surface area contributed by atoms with Gasteiger partial charge in [-0.05, 0) is 45.0 Å². The molecule has 0 saturated heterocycles. The van der Waals surface area contributed by atoms with Crippen LogP contribution in [0.5, 0.6) is 17.2 Å². The molecule has 1 amide bonds. The van der Waals surface area contributed by atoms with Crippen molar-refractivity contribution < 1.29 is 19.4 Å². The second kappa shape index (κ2) is 6.99. The minimum absolute atomic E-state index is 0.0295. The number of nitrogens with two attached hydrogens (primary N) is 1. The number of nitrogens with one attached hydrogen (secondary N) is 1. The largest absolute Gasteiger partial charge is 0.502 e. The Morgan fingerprint density at radius 3 is 2.63 bits per heavy atom. The minimum Gasteiger partial charge on any atom is -0.502 e. The molecular formula is C19H20N4O4. The third-order valence-electron chi connectivity index (χ3n) is 3.50. The molecule has 3 rings (SSSR count). The van der Waals surface area contributed by atoms with Gasteiger partial charge in [0.15, 0.2) is 11.6 Å². The first-order chi connectivity index (χ1) is 12.7. The van der Waals surface area contributed by atoms with E-state index in [4.69, 9.17) is 15.2 Å².